The molecular formula is C13H22O3. The maximum Gasteiger partial charge on any atom is 0.333 e. The third kappa shape index (κ3) is 3.97. The highest BCUT2D eigenvalue weighted by Gasteiger charge is 2.21. The summed E-state index contributed by atoms with van der Waals surface area (Å²) in [6, 6.07) is 0. The number of carbonyl (C=O) groups is 1. The van der Waals surface area contributed by atoms with E-state index in [1.54, 1.807) is 13.0 Å². The van der Waals surface area contributed by atoms with Crippen LogP contribution >= 0.6 is 0 Å². The third-order valence-corrected chi connectivity index (χ3v) is 3.24. The van der Waals surface area contributed by atoms with Crippen LogP contribution in [0.1, 0.15) is 39.5 Å². The summed E-state index contributed by atoms with van der Waals surface area (Å²) < 4.78 is 10.4. The van der Waals surface area contributed by atoms with Crippen molar-refractivity contribution in [1.82, 2.24) is 0 Å². The molecule has 0 spiro atoms. The lowest BCUT2D eigenvalue weighted by Crippen LogP contribution is -2.25. The van der Waals surface area contributed by atoms with E-state index >= 15 is 0 Å². The van der Waals surface area contributed by atoms with Crippen LogP contribution in [0.3, 0.4) is 0 Å². The molecule has 1 saturated carbocycles. The minimum absolute atomic E-state index is 0.278. The summed E-state index contributed by atoms with van der Waals surface area (Å²) in [6.07, 6.45) is 7.13. The molecule has 3 nitrogen and oxygen atoms in total. The van der Waals surface area contributed by atoms with Crippen LogP contribution in [0.15, 0.2) is 11.6 Å². The first-order chi connectivity index (χ1) is 7.65. The maximum absolute atomic E-state index is 11.1. The second-order valence-corrected chi connectivity index (χ2v) is 4.51. The lowest BCUT2D eigenvalue weighted by atomic mass is 9.88. The molecule has 0 aromatic heterocycles. The van der Waals surface area contributed by atoms with E-state index in [4.69, 9.17) is 4.74 Å². The lowest BCUT2D eigenvalue weighted by molar-refractivity contribution is -0.136. The molecule has 1 aliphatic rings. The van der Waals surface area contributed by atoms with E-state index in [1.807, 2.05) is 0 Å². The molecule has 0 radical (unpaired) electrons. The van der Waals surface area contributed by atoms with E-state index in [0.29, 0.717) is 24.2 Å². The van der Waals surface area contributed by atoms with Crippen LogP contribution < -0.4 is 0 Å². The van der Waals surface area contributed by atoms with Gasteiger partial charge in [-0.1, -0.05) is 19.8 Å². The van der Waals surface area contributed by atoms with Crippen molar-refractivity contribution in [2.45, 2.75) is 45.6 Å². The van der Waals surface area contributed by atoms with E-state index < -0.39 is 0 Å². The van der Waals surface area contributed by atoms with Gasteiger partial charge in [-0.3, -0.25) is 0 Å². The van der Waals surface area contributed by atoms with Crippen molar-refractivity contribution >= 4 is 5.97 Å². The highest BCUT2D eigenvalue weighted by atomic mass is 16.5. The van der Waals surface area contributed by atoms with E-state index in [2.05, 4.69) is 11.7 Å². The molecule has 0 amide bonds. The number of rotatable bonds is 4. The molecule has 0 aromatic carbocycles. The zero-order valence-corrected chi connectivity index (χ0v) is 10.5. The molecule has 1 fully saturated rings. The Morgan fingerprint density at radius 1 is 1.38 bits per heavy atom. The molecule has 2 unspecified atom stereocenters. The second kappa shape index (κ2) is 6.69. The fourth-order valence-corrected chi connectivity index (χ4v) is 2.07. The van der Waals surface area contributed by atoms with Crippen molar-refractivity contribution in [2.75, 3.05) is 13.7 Å². The maximum atomic E-state index is 11.1. The van der Waals surface area contributed by atoms with E-state index in [-0.39, 0.29) is 5.97 Å². The summed E-state index contributed by atoms with van der Waals surface area (Å²) in [5.74, 6) is 0.362. The van der Waals surface area contributed by atoms with Gasteiger partial charge in [0, 0.05) is 5.57 Å². The predicted molar refractivity (Wildman–Crippen MR) is 63.1 cm³/mol. The van der Waals surface area contributed by atoms with Crippen molar-refractivity contribution in [1.29, 1.82) is 0 Å². The minimum Gasteiger partial charge on any atom is -0.466 e. The number of carbonyl (C=O) groups excluding carboxylic acids is 1. The van der Waals surface area contributed by atoms with Gasteiger partial charge in [0.25, 0.3) is 0 Å². The molecule has 0 aromatic rings. The molecule has 0 N–H and O–H groups in total. The first-order valence-corrected chi connectivity index (χ1v) is 6.01. The fraction of sp³-hybridized carbons (Fsp3) is 0.769. The zero-order valence-electron chi connectivity index (χ0n) is 10.5. The van der Waals surface area contributed by atoms with Gasteiger partial charge in [-0.05, 0) is 31.8 Å². The van der Waals surface area contributed by atoms with Crippen molar-refractivity contribution in [3.05, 3.63) is 11.6 Å². The molecule has 1 aliphatic carbocycles. The van der Waals surface area contributed by atoms with Crippen molar-refractivity contribution in [3.8, 4) is 0 Å². The van der Waals surface area contributed by atoms with Crippen LogP contribution in [0.4, 0.5) is 0 Å². The Kier molecular flexibility index (Phi) is 5.53. The molecule has 2 atom stereocenters. The summed E-state index contributed by atoms with van der Waals surface area (Å²) in [5.41, 5.74) is 0.617. The molecule has 16 heavy (non-hydrogen) atoms. The summed E-state index contributed by atoms with van der Waals surface area (Å²) >= 11 is 0. The fourth-order valence-electron chi connectivity index (χ4n) is 2.07. The van der Waals surface area contributed by atoms with Gasteiger partial charge < -0.3 is 9.47 Å². The monoisotopic (exact) mass is 226 g/mol. The lowest BCUT2D eigenvalue weighted by Gasteiger charge is -2.28. The summed E-state index contributed by atoms with van der Waals surface area (Å²) in [4.78, 5) is 11.1. The van der Waals surface area contributed by atoms with Gasteiger partial charge in [0.15, 0.2) is 0 Å². The highest BCUT2D eigenvalue weighted by molar-refractivity contribution is 5.87. The number of ether oxygens (including phenoxy) is 2. The minimum atomic E-state index is -0.278. The first-order valence-electron chi connectivity index (χ1n) is 6.01. The van der Waals surface area contributed by atoms with E-state index in [9.17, 15) is 4.79 Å². The first kappa shape index (κ1) is 13.2. The van der Waals surface area contributed by atoms with Crippen LogP contribution in [-0.2, 0) is 14.3 Å². The van der Waals surface area contributed by atoms with Gasteiger partial charge in [-0.25, -0.2) is 4.79 Å². The van der Waals surface area contributed by atoms with Gasteiger partial charge in [-0.2, -0.15) is 0 Å². The van der Waals surface area contributed by atoms with Gasteiger partial charge in [-0.15, -0.1) is 0 Å². The Hall–Kier alpha value is -0.830. The molecule has 0 saturated heterocycles. The smallest absolute Gasteiger partial charge is 0.333 e. The summed E-state index contributed by atoms with van der Waals surface area (Å²) in [6.45, 7) is 4.50. The van der Waals surface area contributed by atoms with Gasteiger partial charge in [0.05, 0.1) is 19.8 Å². The number of hydrogen-bond donors (Lipinski definition) is 0. The Labute approximate surface area is 97.8 Å². The van der Waals surface area contributed by atoms with Crippen molar-refractivity contribution in [3.63, 3.8) is 0 Å². The normalized spacial score (nSPS) is 26.6. The Morgan fingerprint density at radius 3 is 2.69 bits per heavy atom. The van der Waals surface area contributed by atoms with Crippen LogP contribution in [0.5, 0.6) is 0 Å². The Morgan fingerprint density at radius 2 is 2.06 bits per heavy atom. The summed E-state index contributed by atoms with van der Waals surface area (Å²) in [5, 5.41) is 0. The number of methoxy groups -OCH3 is 1. The van der Waals surface area contributed by atoms with Gasteiger partial charge in [0.1, 0.15) is 0 Å². The van der Waals surface area contributed by atoms with Crippen LogP contribution in [0.25, 0.3) is 0 Å². The molecule has 92 valence electrons. The van der Waals surface area contributed by atoms with Crippen molar-refractivity contribution in [2.24, 2.45) is 5.92 Å². The average molecular weight is 226 g/mol. The van der Waals surface area contributed by atoms with Crippen molar-refractivity contribution < 1.29 is 14.3 Å². The van der Waals surface area contributed by atoms with Crippen LogP contribution in [0.2, 0.25) is 0 Å². The molecule has 0 aliphatic heterocycles. The molecule has 0 bridgehead atoms. The quantitative estimate of drug-likeness (QED) is 0.546. The zero-order chi connectivity index (χ0) is 12.0. The average Bonchev–Trinajstić information content (AvgIpc) is 2.30. The SMILES string of the molecule is COC(=O)C(C)=CCOC1CCCCC1C. The Bertz CT molecular complexity index is 258. The second-order valence-electron chi connectivity index (χ2n) is 4.51. The topological polar surface area (TPSA) is 35.5 Å². The predicted octanol–water partition coefficient (Wildman–Crippen LogP) is 2.70. The van der Waals surface area contributed by atoms with E-state index in [0.717, 1.165) is 6.42 Å². The standard InChI is InChI=1S/C13H22O3/c1-10-6-4-5-7-12(10)16-9-8-11(2)13(14)15-3/h8,10,12H,4-7,9H2,1-3H3. The third-order valence-electron chi connectivity index (χ3n) is 3.24. The van der Waals surface area contributed by atoms with Crippen LogP contribution in [0, 0.1) is 5.92 Å². The summed E-state index contributed by atoms with van der Waals surface area (Å²) in [7, 11) is 1.39. The van der Waals surface area contributed by atoms with Gasteiger partial charge in [0.2, 0.25) is 0 Å². The molecule has 3 heteroatoms. The molecule has 1 rings (SSSR count). The number of hydrogen-bond acceptors (Lipinski definition) is 3. The molecule has 0 heterocycles. The van der Waals surface area contributed by atoms with Gasteiger partial charge >= 0.3 is 5.97 Å². The largest absolute Gasteiger partial charge is 0.466 e. The molecular weight excluding hydrogens is 204 g/mol. The Balaban J connectivity index is 2.31. The van der Waals surface area contributed by atoms with Crippen LogP contribution in [-0.4, -0.2) is 25.8 Å². The van der Waals surface area contributed by atoms with E-state index in [1.165, 1.54) is 26.4 Å². The highest BCUT2D eigenvalue weighted by Crippen LogP contribution is 2.26. The number of esters is 1.